The van der Waals surface area contributed by atoms with Crippen molar-refractivity contribution in [2.24, 2.45) is 0 Å². The Morgan fingerprint density at radius 3 is 2.68 bits per heavy atom. The first-order valence-corrected chi connectivity index (χ1v) is 5.65. The second-order valence-electron chi connectivity index (χ2n) is 4.08. The molecule has 2 rings (SSSR count). The van der Waals surface area contributed by atoms with E-state index in [1.165, 1.54) is 0 Å². The van der Waals surface area contributed by atoms with E-state index >= 15 is 0 Å². The number of halogens is 2. The van der Waals surface area contributed by atoms with Crippen molar-refractivity contribution in [3.8, 4) is 0 Å². The average molecular weight is 292 g/mol. The summed E-state index contributed by atoms with van der Waals surface area (Å²) < 4.78 is 14.7. The summed E-state index contributed by atoms with van der Waals surface area (Å²) in [6.45, 7) is -0.772. The van der Waals surface area contributed by atoms with Crippen LogP contribution in [0.2, 0.25) is 5.02 Å². The third kappa shape index (κ3) is 2.12. The molecule has 1 heterocycles. The van der Waals surface area contributed by atoms with Gasteiger partial charge >= 0.3 is 5.69 Å². The predicted octanol–water partition coefficient (Wildman–Crippen LogP) is -1.03. The van der Waals surface area contributed by atoms with Crippen molar-refractivity contribution in [2.75, 3.05) is 12.3 Å². The van der Waals surface area contributed by atoms with Crippen molar-refractivity contribution in [1.82, 2.24) is 9.55 Å². The zero-order chi connectivity index (χ0) is 14.3. The lowest BCUT2D eigenvalue weighted by molar-refractivity contribution is 0.0244. The van der Waals surface area contributed by atoms with E-state index in [9.17, 15) is 19.4 Å². The largest absolute Gasteiger partial charge is 0.392 e. The molecule has 1 aliphatic rings. The first-order valence-electron chi connectivity index (χ1n) is 5.28. The van der Waals surface area contributed by atoms with E-state index in [1.54, 1.807) is 0 Å². The molecular formula is C10H11ClFN3O4. The van der Waals surface area contributed by atoms with Gasteiger partial charge in [0.1, 0.15) is 29.9 Å². The number of aliphatic hydroxyl groups excluding tert-OH is 3. The van der Waals surface area contributed by atoms with E-state index in [1.807, 2.05) is 0 Å². The van der Waals surface area contributed by atoms with Gasteiger partial charge in [0.25, 0.3) is 0 Å². The molecule has 19 heavy (non-hydrogen) atoms. The van der Waals surface area contributed by atoms with Gasteiger partial charge in [-0.15, -0.1) is 0 Å². The Balaban J connectivity index is 2.57. The van der Waals surface area contributed by atoms with E-state index in [0.717, 1.165) is 10.8 Å². The number of anilines is 1. The Bertz CT molecular complexity index is 603. The zero-order valence-electron chi connectivity index (χ0n) is 9.49. The van der Waals surface area contributed by atoms with Crippen LogP contribution in [0.5, 0.6) is 0 Å². The number of aliphatic hydroxyl groups is 3. The molecule has 0 fully saturated rings. The van der Waals surface area contributed by atoms with Crippen molar-refractivity contribution in [1.29, 1.82) is 0 Å². The molecule has 3 unspecified atom stereocenters. The number of nitrogens with two attached hydrogens (primary N) is 1. The van der Waals surface area contributed by atoms with Crippen LogP contribution < -0.4 is 11.4 Å². The third-order valence-electron chi connectivity index (χ3n) is 2.97. The number of nitrogens with zero attached hydrogens (tertiary/aromatic N) is 2. The van der Waals surface area contributed by atoms with Gasteiger partial charge in [0.05, 0.1) is 11.6 Å². The Morgan fingerprint density at radius 2 is 2.16 bits per heavy atom. The van der Waals surface area contributed by atoms with E-state index in [2.05, 4.69) is 4.98 Å². The fourth-order valence-electron chi connectivity index (χ4n) is 1.97. The molecule has 1 aliphatic carbocycles. The molecule has 0 amide bonds. The van der Waals surface area contributed by atoms with E-state index < -0.39 is 36.4 Å². The van der Waals surface area contributed by atoms with Gasteiger partial charge in [-0.1, -0.05) is 11.6 Å². The minimum absolute atomic E-state index is 0.0912. The SMILES string of the molecule is Nc1nc(=O)n(C2C(F)=C(CO)C(O)C2O)cc1Cl. The van der Waals surface area contributed by atoms with E-state index in [0.29, 0.717) is 0 Å². The summed E-state index contributed by atoms with van der Waals surface area (Å²) >= 11 is 5.69. The number of nitrogen functional groups attached to an aromatic ring is 1. The van der Waals surface area contributed by atoms with Gasteiger partial charge in [-0.05, 0) is 0 Å². The lowest BCUT2D eigenvalue weighted by Crippen LogP contribution is -2.36. The summed E-state index contributed by atoms with van der Waals surface area (Å²) in [4.78, 5) is 15.0. The Morgan fingerprint density at radius 1 is 1.53 bits per heavy atom. The van der Waals surface area contributed by atoms with Gasteiger partial charge in [0, 0.05) is 11.8 Å². The summed E-state index contributed by atoms with van der Waals surface area (Å²) in [5.74, 6) is -1.21. The second kappa shape index (κ2) is 4.89. The lowest BCUT2D eigenvalue weighted by atomic mass is 10.1. The van der Waals surface area contributed by atoms with Gasteiger partial charge in [-0.3, -0.25) is 4.57 Å². The molecule has 0 spiro atoms. The normalized spacial score (nSPS) is 27.1. The maximum Gasteiger partial charge on any atom is 0.350 e. The fourth-order valence-corrected chi connectivity index (χ4v) is 2.12. The summed E-state index contributed by atoms with van der Waals surface area (Å²) in [6.07, 6.45) is -2.20. The number of hydrogen-bond acceptors (Lipinski definition) is 6. The molecule has 104 valence electrons. The lowest BCUT2D eigenvalue weighted by Gasteiger charge is -2.19. The highest BCUT2D eigenvalue weighted by atomic mass is 35.5. The van der Waals surface area contributed by atoms with Crippen LogP contribution in [-0.4, -0.2) is 43.7 Å². The minimum Gasteiger partial charge on any atom is -0.392 e. The Labute approximate surface area is 111 Å². The summed E-state index contributed by atoms with van der Waals surface area (Å²) in [6, 6.07) is -1.49. The van der Waals surface area contributed by atoms with Crippen molar-refractivity contribution < 1.29 is 19.7 Å². The highest BCUT2D eigenvalue weighted by molar-refractivity contribution is 6.32. The highest BCUT2D eigenvalue weighted by Gasteiger charge is 2.43. The molecule has 0 aliphatic heterocycles. The maximum atomic E-state index is 14.0. The van der Waals surface area contributed by atoms with Crippen LogP contribution in [0.25, 0.3) is 0 Å². The molecule has 5 N–H and O–H groups in total. The fraction of sp³-hybridized carbons (Fsp3) is 0.400. The summed E-state index contributed by atoms with van der Waals surface area (Å²) in [5.41, 5.74) is 4.02. The molecule has 1 aromatic rings. The monoisotopic (exact) mass is 291 g/mol. The molecule has 0 saturated carbocycles. The molecular weight excluding hydrogens is 281 g/mol. The van der Waals surface area contributed by atoms with Crippen LogP contribution in [0.3, 0.4) is 0 Å². The van der Waals surface area contributed by atoms with Crippen molar-refractivity contribution in [3.63, 3.8) is 0 Å². The van der Waals surface area contributed by atoms with Crippen LogP contribution in [0, 0.1) is 0 Å². The molecule has 0 saturated heterocycles. The molecule has 0 aromatic carbocycles. The van der Waals surface area contributed by atoms with E-state index in [-0.39, 0.29) is 16.4 Å². The van der Waals surface area contributed by atoms with Gasteiger partial charge in [-0.2, -0.15) is 4.98 Å². The van der Waals surface area contributed by atoms with Gasteiger partial charge in [-0.25, -0.2) is 9.18 Å². The number of aromatic nitrogens is 2. The molecule has 0 bridgehead atoms. The summed E-state index contributed by atoms with van der Waals surface area (Å²) in [5, 5.41) is 28.2. The first kappa shape index (κ1) is 13.9. The molecule has 0 radical (unpaired) electrons. The Hall–Kier alpha value is -1.48. The molecule has 1 aromatic heterocycles. The van der Waals surface area contributed by atoms with Crippen LogP contribution in [-0.2, 0) is 0 Å². The van der Waals surface area contributed by atoms with Gasteiger partial charge in [0.15, 0.2) is 0 Å². The number of rotatable bonds is 2. The molecule has 7 nitrogen and oxygen atoms in total. The van der Waals surface area contributed by atoms with Crippen LogP contribution >= 0.6 is 11.6 Å². The second-order valence-corrected chi connectivity index (χ2v) is 4.48. The van der Waals surface area contributed by atoms with Crippen LogP contribution in [0.1, 0.15) is 6.04 Å². The first-order chi connectivity index (χ1) is 8.88. The van der Waals surface area contributed by atoms with Crippen molar-refractivity contribution in [3.05, 3.63) is 33.1 Å². The summed E-state index contributed by atoms with van der Waals surface area (Å²) in [7, 11) is 0. The molecule has 3 atom stereocenters. The van der Waals surface area contributed by atoms with Gasteiger partial charge in [0.2, 0.25) is 0 Å². The average Bonchev–Trinajstić information content (AvgIpc) is 2.56. The highest BCUT2D eigenvalue weighted by Crippen LogP contribution is 2.36. The quantitative estimate of drug-likeness (QED) is 0.553. The van der Waals surface area contributed by atoms with Crippen LogP contribution in [0.15, 0.2) is 22.4 Å². The zero-order valence-corrected chi connectivity index (χ0v) is 10.3. The number of hydrogen-bond donors (Lipinski definition) is 4. The Kier molecular flexibility index (Phi) is 3.59. The van der Waals surface area contributed by atoms with Crippen molar-refractivity contribution in [2.45, 2.75) is 18.2 Å². The predicted molar refractivity (Wildman–Crippen MR) is 64.2 cm³/mol. The standard InChI is InChI=1S/C10H11ClFN3O4/c11-4-1-15(10(19)14-9(4)13)6-5(12)3(2-16)7(17)8(6)18/h1,6-8,16-18H,2H2,(H2,13,14,19). The topological polar surface area (TPSA) is 122 Å². The minimum atomic E-state index is -1.62. The maximum absolute atomic E-state index is 14.0. The van der Waals surface area contributed by atoms with Gasteiger partial charge < -0.3 is 21.1 Å². The van der Waals surface area contributed by atoms with Crippen LogP contribution in [0.4, 0.5) is 10.2 Å². The van der Waals surface area contributed by atoms with E-state index in [4.69, 9.17) is 22.4 Å². The van der Waals surface area contributed by atoms with Crippen molar-refractivity contribution >= 4 is 17.4 Å². The smallest absolute Gasteiger partial charge is 0.350 e. The molecule has 9 heteroatoms. The third-order valence-corrected chi connectivity index (χ3v) is 3.27.